The number of pyridine rings is 1. The summed E-state index contributed by atoms with van der Waals surface area (Å²) < 4.78 is 0. The number of likely N-dealkylation sites (tertiary alicyclic amines) is 1. The molecule has 1 aliphatic heterocycles. The third-order valence-electron chi connectivity index (χ3n) is 3.24. The average Bonchev–Trinajstić information content (AvgIpc) is 2.38. The van der Waals surface area contributed by atoms with Crippen LogP contribution in [-0.4, -0.2) is 43.1 Å². The van der Waals surface area contributed by atoms with Crippen molar-refractivity contribution < 1.29 is 0 Å². The smallest absolute Gasteiger partial charge is 0.128 e. The maximum Gasteiger partial charge on any atom is 0.128 e. The van der Waals surface area contributed by atoms with E-state index in [1.54, 1.807) is 0 Å². The molecule has 0 saturated carbocycles. The maximum absolute atomic E-state index is 4.35. The zero-order valence-electron chi connectivity index (χ0n) is 10.5. The quantitative estimate of drug-likeness (QED) is 0.824. The molecule has 0 spiro atoms. The van der Waals surface area contributed by atoms with E-state index in [1.807, 2.05) is 18.3 Å². The van der Waals surface area contributed by atoms with E-state index in [2.05, 4.69) is 27.9 Å². The van der Waals surface area contributed by atoms with Gasteiger partial charge in [0, 0.05) is 26.3 Å². The number of rotatable bonds is 4. The lowest BCUT2D eigenvalue weighted by Crippen LogP contribution is -2.36. The van der Waals surface area contributed by atoms with Crippen molar-refractivity contribution in [3.8, 4) is 0 Å². The number of halogens is 1. The summed E-state index contributed by atoms with van der Waals surface area (Å²) in [5.41, 5.74) is 0. The van der Waals surface area contributed by atoms with Crippen molar-refractivity contribution >= 4 is 18.2 Å². The standard InChI is InChI=1S/C13H21N3.ClH/c1-15(13-7-3-4-8-14-13)11-12-16-9-5-2-6-10-16;/h3-4,7-8H,2,5-6,9-12H2,1H3;1H. The predicted molar refractivity (Wildman–Crippen MR) is 75.0 cm³/mol. The molecule has 0 bridgehead atoms. The number of nitrogens with zero attached hydrogens (tertiary/aromatic N) is 3. The van der Waals surface area contributed by atoms with Gasteiger partial charge in [0.05, 0.1) is 0 Å². The largest absolute Gasteiger partial charge is 0.358 e. The molecule has 0 aliphatic carbocycles. The molecule has 4 heteroatoms. The molecule has 1 fully saturated rings. The second-order valence-electron chi connectivity index (χ2n) is 4.51. The first-order valence-electron chi connectivity index (χ1n) is 6.21. The topological polar surface area (TPSA) is 19.4 Å². The summed E-state index contributed by atoms with van der Waals surface area (Å²) in [6.07, 6.45) is 6.00. The molecule has 0 amide bonds. The van der Waals surface area contributed by atoms with E-state index in [-0.39, 0.29) is 12.4 Å². The van der Waals surface area contributed by atoms with Crippen LogP contribution in [0.15, 0.2) is 24.4 Å². The van der Waals surface area contributed by atoms with E-state index >= 15 is 0 Å². The van der Waals surface area contributed by atoms with Crippen LogP contribution in [-0.2, 0) is 0 Å². The van der Waals surface area contributed by atoms with Crippen LogP contribution in [0.2, 0.25) is 0 Å². The molecule has 96 valence electrons. The molecule has 17 heavy (non-hydrogen) atoms. The van der Waals surface area contributed by atoms with Gasteiger partial charge in [0.25, 0.3) is 0 Å². The van der Waals surface area contributed by atoms with Crippen LogP contribution in [0.3, 0.4) is 0 Å². The number of aromatic nitrogens is 1. The Hall–Kier alpha value is -0.800. The minimum atomic E-state index is 0. The molecule has 3 nitrogen and oxygen atoms in total. The highest BCUT2D eigenvalue weighted by Gasteiger charge is 2.10. The SMILES string of the molecule is CN(CCN1CCCCC1)c1ccccn1.Cl. The number of hydrogen-bond donors (Lipinski definition) is 0. The lowest BCUT2D eigenvalue weighted by Gasteiger charge is -2.28. The number of hydrogen-bond acceptors (Lipinski definition) is 3. The molecule has 1 aromatic heterocycles. The van der Waals surface area contributed by atoms with Gasteiger partial charge < -0.3 is 9.80 Å². The molecule has 1 aromatic rings. The minimum Gasteiger partial charge on any atom is -0.358 e. The Morgan fingerprint density at radius 3 is 2.65 bits per heavy atom. The first-order valence-corrected chi connectivity index (χ1v) is 6.21. The van der Waals surface area contributed by atoms with Gasteiger partial charge in [-0.15, -0.1) is 12.4 Å². The van der Waals surface area contributed by atoms with Gasteiger partial charge in [0.1, 0.15) is 5.82 Å². The van der Waals surface area contributed by atoms with Crippen LogP contribution in [0, 0.1) is 0 Å². The average molecular weight is 256 g/mol. The van der Waals surface area contributed by atoms with Crippen molar-refractivity contribution in [3.63, 3.8) is 0 Å². The van der Waals surface area contributed by atoms with E-state index < -0.39 is 0 Å². The Morgan fingerprint density at radius 1 is 1.24 bits per heavy atom. The fraction of sp³-hybridized carbons (Fsp3) is 0.615. The molecule has 1 saturated heterocycles. The van der Waals surface area contributed by atoms with Gasteiger partial charge in [-0.2, -0.15) is 0 Å². The van der Waals surface area contributed by atoms with Crippen molar-refractivity contribution in [3.05, 3.63) is 24.4 Å². The van der Waals surface area contributed by atoms with Gasteiger partial charge in [0.15, 0.2) is 0 Å². The Balaban J connectivity index is 0.00000144. The molecule has 1 aliphatic rings. The highest BCUT2D eigenvalue weighted by molar-refractivity contribution is 5.85. The Kier molecular flexibility index (Phi) is 6.30. The highest BCUT2D eigenvalue weighted by atomic mass is 35.5. The summed E-state index contributed by atoms with van der Waals surface area (Å²) in [4.78, 5) is 9.14. The van der Waals surface area contributed by atoms with Gasteiger partial charge in [0.2, 0.25) is 0 Å². The first-order chi connectivity index (χ1) is 7.86. The summed E-state index contributed by atoms with van der Waals surface area (Å²) in [6.45, 7) is 4.77. The number of piperidine rings is 1. The molecule has 2 heterocycles. The molecule has 0 aromatic carbocycles. The second-order valence-corrected chi connectivity index (χ2v) is 4.51. The molecular weight excluding hydrogens is 234 g/mol. The van der Waals surface area contributed by atoms with E-state index in [1.165, 1.54) is 32.4 Å². The van der Waals surface area contributed by atoms with E-state index in [4.69, 9.17) is 0 Å². The van der Waals surface area contributed by atoms with E-state index in [9.17, 15) is 0 Å². The molecule has 0 unspecified atom stereocenters. The van der Waals surface area contributed by atoms with Crippen LogP contribution in [0.5, 0.6) is 0 Å². The van der Waals surface area contributed by atoms with Gasteiger partial charge in [-0.1, -0.05) is 12.5 Å². The summed E-state index contributed by atoms with van der Waals surface area (Å²) >= 11 is 0. The van der Waals surface area contributed by atoms with Crippen molar-refractivity contribution in [2.75, 3.05) is 38.1 Å². The fourth-order valence-corrected chi connectivity index (χ4v) is 2.17. The Bertz CT molecular complexity index is 299. The molecule has 0 atom stereocenters. The van der Waals surface area contributed by atoms with Crippen molar-refractivity contribution in [2.45, 2.75) is 19.3 Å². The lowest BCUT2D eigenvalue weighted by atomic mass is 10.1. The zero-order valence-corrected chi connectivity index (χ0v) is 11.3. The van der Waals surface area contributed by atoms with Crippen molar-refractivity contribution in [2.24, 2.45) is 0 Å². The first kappa shape index (κ1) is 14.3. The Labute approximate surface area is 110 Å². The summed E-state index contributed by atoms with van der Waals surface area (Å²) in [7, 11) is 2.12. The van der Waals surface area contributed by atoms with Gasteiger partial charge in [-0.25, -0.2) is 4.98 Å². The Morgan fingerprint density at radius 2 is 2.00 bits per heavy atom. The maximum atomic E-state index is 4.35. The van der Waals surface area contributed by atoms with Crippen molar-refractivity contribution in [1.82, 2.24) is 9.88 Å². The van der Waals surface area contributed by atoms with Crippen LogP contribution in [0.4, 0.5) is 5.82 Å². The van der Waals surface area contributed by atoms with E-state index in [0.717, 1.165) is 18.9 Å². The van der Waals surface area contributed by atoms with Gasteiger partial charge in [-0.05, 0) is 38.1 Å². The van der Waals surface area contributed by atoms with Crippen LogP contribution in [0.25, 0.3) is 0 Å². The molecule has 2 rings (SSSR count). The molecule has 0 N–H and O–H groups in total. The predicted octanol–water partition coefficient (Wildman–Crippen LogP) is 2.43. The van der Waals surface area contributed by atoms with Crippen LogP contribution in [0.1, 0.15) is 19.3 Å². The summed E-state index contributed by atoms with van der Waals surface area (Å²) in [5.74, 6) is 1.07. The number of likely N-dealkylation sites (N-methyl/N-ethyl adjacent to an activating group) is 1. The van der Waals surface area contributed by atoms with Gasteiger partial charge in [-0.3, -0.25) is 0 Å². The fourth-order valence-electron chi connectivity index (χ4n) is 2.17. The molecular formula is C13H22ClN3. The monoisotopic (exact) mass is 255 g/mol. The lowest BCUT2D eigenvalue weighted by molar-refractivity contribution is 0.234. The normalized spacial score (nSPS) is 16.3. The second kappa shape index (κ2) is 7.51. The van der Waals surface area contributed by atoms with Crippen LogP contribution < -0.4 is 4.90 Å². The third kappa shape index (κ3) is 4.52. The minimum absolute atomic E-state index is 0. The summed E-state index contributed by atoms with van der Waals surface area (Å²) in [5, 5.41) is 0. The summed E-state index contributed by atoms with van der Waals surface area (Å²) in [6, 6.07) is 6.07. The zero-order chi connectivity index (χ0) is 11.2. The number of anilines is 1. The third-order valence-corrected chi connectivity index (χ3v) is 3.24. The highest BCUT2D eigenvalue weighted by Crippen LogP contribution is 2.10. The van der Waals surface area contributed by atoms with Crippen molar-refractivity contribution in [1.29, 1.82) is 0 Å². The molecule has 0 radical (unpaired) electrons. The van der Waals surface area contributed by atoms with Gasteiger partial charge >= 0.3 is 0 Å². The van der Waals surface area contributed by atoms with E-state index in [0.29, 0.717) is 0 Å². The van der Waals surface area contributed by atoms with Crippen LogP contribution >= 0.6 is 12.4 Å².